The third kappa shape index (κ3) is 3.41. The van der Waals surface area contributed by atoms with Crippen molar-refractivity contribution in [1.29, 1.82) is 0 Å². The van der Waals surface area contributed by atoms with Gasteiger partial charge < -0.3 is 15.1 Å². The Kier molecular flexibility index (Phi) is 4.68. The lowest BCUT2D eigenvalue weighted by Crippen LogP contribution is -2.54. The molecular formula is C19H24FN5O3. The molecule has 2 unspecified atom stereocenters. The molecule has 8 nitrogen and oxygen atoms in total. The number of urea groups is 1. The van der Waals surface area contributed by atoms with Gasteiger partial charge in [0.2, 0.25) is 5.91 Å². The standard InChI is InChI=1S/C19H24FN5O3/c1-12(9-19(13-2-3-13)17(27)22-18(28)23-19)16(26)25-6-4-24(5-7-25)15-8-14(20)10-21-11-15/h8,10-13H,2-7,9H2,1H3,(H2,22,23,27,28). The number of carbonyl (C=O) groups is 3. The second-order valence-corrected chi connectivity index (χ2v) is 7.93. The first-order valence-corrected chi connectivity index (χ1v) is 9.67. The van der Waals surface area contributed by atoms with Crippen molar-refractivity contribution in [1.82, 2.24) is 20.5 Å². The van der Waals surface area contributed by atoms with Gasteiger partial charge in [0.05, 0.1) is 18.1 Å². The summed E-state index contributed by atoms with van der Waals surface area (Å²) in [5, 5.41) is 5.10. The van der Waals surface area contributed by atoms with Gasteiger partial charge in [-0.3, -0.25) is 19.9 Å². The van der Waals surface area contributed by atoms with Crippen molar-refractivity contribution in [3.8, 4) is 0 Å². The molecule has 3 heterocycles. The molecule has 28 heavy (non-hydrogen) atoms. The number of hydrogen-bond donors (Lipinski definition) is 2. The van der Waals surface area contributed by atoms with Crippen LogP contribution in [-0.2, 0) is 9.59 Å². The van der Waals surface area contributed by atoms with Crippen LogP contribution >= 0.6 is 0 Å². The number of piperazine rings is 1. The van der Waals surface area contributed by atoms with Gasteiger partial charge in [0.15, 0.2) is 0 Å². The normalized spacial score (nSPS) is 26.1. The van der Waals surface area contributed by atoms with Crippen molar-refractivity contribution in [2.24, 2.45) is 11.8 Å². The Morgan fingerprint density at radius 2 is 2.00 bits per heavy atom. The number of hydrogen-bond acceptors (Lipinski definition) is 5. The molecule has 0 spiro atoms. The number of nitrogens with one attached hydrogen (secondary N) is 2. The highest BCUT2D eigenvalue weighted by molar-refractivity contribution is 6.07. The predicted molar refractivity (Wildman–Crippen MR) is 98.9 cm³/mol. The fraction of sp³-hybridized carbons (Fsp3) is 0.579. The van der Waals surface area contributed by atoms with E-state index in [0.717, 1.165) is 12.8 Å². The molecule has 0 bridgehead atoms. The van der Waals surface area contributed by atoms with Gasteiger partial charge in [-0.1, -0.05) is 6.92 Å². The van der Waals surface area contributed by atoms with Crippen molar-refractivity contribution in [3.63, 3.8) is 0 Å². The van der Waals surface area contributed by atoms with E-state index in [2.05, 4.69) is 15.6 Å². The summed E-state index contributed by atoms with van der Waals surface area (Å²) in [5.41, 5.74) is -0.250. The number of aromatic nitrogens is 1. The van der Waals surface area contributed by atoms with E-state index in [1.165, 1.54) is 12.3 Å². The van der Waals surface area contributed by atoms with Crippen molar-refractivity contribution in [2.45, 2.75) is 31.7 Å². The molecule has 9 heteroatoms. The smallest absolute Gasteiger partial charge is 0.322 e. The third-order valence-electron chi connectivity index (χ3n) is 5.94. The molecule has 4 rings (SSSR count). The van der Waals surface area contributed by atoms with E-state index in [1.807, 2.05) is 11.8 Å². The molecule has 0 aromatic carbocycles. The zero-order valence-corrected chi connectivity index (χ0v) is 15.8. The zero-order chi connectivity index (χ0) is 19.9. The Hall–Kier alpha value is -2.71. The van der Waals surface area contributed by atoms with Gasteiger partial charge in [-0.25, -0.2) is 9.18 Å². The van der Waals surface area contributed by atoms with Crippen LogP contribution in [0.5, 0.6) is 0 Å². The third-order valence-corrected chi connectivity index (χ3v) is 5.94. The van der Waals surface area contributed by atoms with Gasteiger partial charge in [0.1, 0.15) is 11.4 Å². The Bertz CT molecular complexity index is 807. The molecule has 3 aliphatic rings. The quantitative estimate of drug-likeness (QED) is 0.730. The van der Waals surface area contributed by atoms with E-state index in [9.17, 15) is 18.8 Å². The van der Waals surface area contributed by atoms with Crippen molar-refractivity contribution in [3.05, 3.63) is 24.3 Å². The van der Waals surface area contributed by atoms with Crippen LogP contribution in [0.1, 0.15) is 26.2 Å². The van der Waals surface area contributed by atoms with Crippen LogP contribution in [0.15, 0.2) is 18.5 Å². The van der Waals surface area contributed by atoms with E-state index >= 15 is 0 Å². The summed E-state index contributed by atoms with van der Waals surface area (Å²) in [6.07, 6.45) is 4.86. The molecular weight excluding hydrogens is 365 g/mol. The first-order valence-electron chi connectivity index (χ1n) is 9.67. The van der Waals surface area contributed by atoms with Crippen LogP contribution in [0.3, 0.4) is 0 Å². The monoisotopic (exact) mass is 389 g/mol. The zero-order valence-electron chi connectivity index (χ0n) is 15.8. The van der Waals surface area contributed by atoms with Crippen LogP contribution in [0.25, 0.3) is 0 Å². The molecule has 150 valence electrons. The highest BCUT2D eigenvalue weighted by Gasteiger charge is 2.56. The lowest BCUT2D eigenvalue weighted by molar-refractivity contribution is -0.137. The highest BCUT2D eigenvalue weighted by Crippen LogP contribution is 2.44. The molecule has 2 atom stereocenters. The number of anilines is 1. The topological polar surface area (TPSA) is 94.6 Å². The molecule has 4 amide bonds. The van der Waals surface area contributed by atoms with E-state index in [0.29, 0.717) is 38.3 Å². The van der Waals surface area contributed by atoms with E-state index in [4.69, 9.17) is 0 Å². The summed E-state index contributed by atoms with van der Waals surface area (Å²) in [5.74, 6) is -1.00. The van der Waals surface area contributed by atoms with Crippen LogP contribution in [0.2, 0.25) is 0 Å². The molecule has 1 saturated carbocycles. The molecule has 1 aromatic heterocycles. The Morgan fingerprint density at radius 3 is 2.57 bits per heavy atom. The van der Waals surface area contributed by atoms with Crippen LogP contribution in [-0.4, -0.2) is 59.4 Å². The second-order valence-electron chi connectivity index (χ2n) is 7.93. The van der Waals surface area contributed by atoms with Gasteiger partial charge in [0.25, 0.3) is 5.91 Å². The number of halogens is 1. The fourth-order valence-corrected chi connectivity index (χ4v) is 4.32. The van der Waals surface area contributed by atoms with Gasteiger partial charge in [-0.15, -0.1) is 0 Å². The summed E-state index contributed by atoms with van der Waals surface area (Å²) >= 11 is 0. The maximum absolute atomic E-state index is 13.4. The molecule has 1 aromatic rings. The summed E-state index contributed by atoms with van der Waals surface area (Å²) in [6, 6.07) is 0.960. The number of nitrogens with zero attached hydrogens (tertiary/aromatic N) is 3. The number of pyridine rings is 1. The minimum atomic E-state index is -0.957. The molecule has 3 fully saturated rings. The van der Waals surface area contributed by atoms with Gasteiger partial charge in [-0.05, 0) is 25.2 Å². The number of carbonyl (C=O) groups excluding carboxylic acids is 3. The van der Waals surface area contributed by atoms with Crippen LogP contribution < -0.4 is 15.5 Å². The lowest BCUT2D eigenvalue weighted by atomic mass is 9.83. The second kappa shape index (κ2) is 7.03. The maximum Gasteiger partial charge on any atom is 0.322 e. The molecule has 2 N–H and O–H groups in total. The minimum absolute atomic E-state index is 0.0222. The summed E-state index contributed by atoms with van der Waals surface area (Å²) in [6.45, 7) is 4.04. The maximum atomic E-state index is 13.4. The molecule has 1 aliphatic carbocycles. The van der Waals surface area contributed by atoms with Crippen molar-refractivity contribution < 1.29 is 18.8 Å². The Balaban J connectivity index is 1.37. The molecule has 0 radical (unpaired) electrons. The van der Waals surface area contributed by atoms with Crippen molar-refractivity contribution >= 4 is 23.5 Å². The average Bonchev–Trinajstić information content (AvgIpc) is 3.48. The van der Waals surface area contributed by atoms with Gasteiger partial charge in [0, 0.05) is 38.2 Å². The van der Waals surface area contributed by atoms with E-state index in [-0.39, 0.29) is 29.5 Å². The highest BCUT2D eigenvalue weighted by atomic mass is 19.1. The van der Waals surface area contributed by atoms with Crippen LogP contribution in [0, 0.1) is 17.7 Å². The van der Waals surface area contributed by atoms with Gasteiger partial charge >= 0.3 is 6.03 Å². The van der Waals surface area contributed by atoms with Gasteiger partial charge in [-0.2, -0.15) is 0 Å². The van der Waals surface area contributed by atoms with Crippen LogP contribution in [0.4, 0.5) is 14.9 Å². The minimum Gasteiger partial charge on any atom is -0.367 e. The summed E-state index contributed by atoms with van der Waals surface area (Å²) in [7, 11) is 0. The number of amides is 4. The fourth-order valence-electron chi connectivity index (χ4n) is 4.32. The average molecular weight is 389 g/mol. The van der Waals surface area contributed by atoms with Crippen molar-refractivity contribution in [2.75, 3.05) is 31.1 Å². The predicted octanol–water partition coefficient (Wildman–Crippen LogP) is 0.884. The SMILES string of the molecule is CC(CC1(C2CC2)NC(=O)NC1=O)C(=O)N1CCN(c2cncc(F)c2)CC1. The number of imide groups is 1. The van der Waals surface area contributed by atoms with E-state index < -0.39 is 11.6 Å². The summed E-state index contributed by atoms with van der Waals surface area (Å²) in [4.78, 5) is 44.7. The Morgan fingerprint density at radius 1 is 1.29 bits per heavy atom. The number of rotatable bonds is 5. The van der Waals surface area contributed by atoms with E-state index in [1.54, 1.807) is 11.1 Å². The first kappa shape index (κ1) is 18.6. The lowest BCUT2D eigenvalue weighted by Gasteiger charge is -2.38. The summed E-state index contributed by atoms with van der Waals surface area (Å²) < 4.78 is 13.4. The molecule has 2 saturated heterocycles. The first-order chi connectivity index (χ1) is 13.4. The molecule has 2 aliphatic heterocycles. The Labute approximate surface area is 162 Å². The largest absolute Gasteiger partial charge is 0.367 e.